The van der Waals surface area contributed by atoms with Crippen molar-refractivity contribution >= 4 is 11.6 Å². The lowest BCUT2D eigenvalue weighted by Gasteiger charge is -2.06. The third kappa shape index (κ3) is 2.94. The summed E-state index contributed by atoms with van der Waals surface area (Å²) in [5.41, 5.74) is 3.61. The highest BCUT2D eigenvalue weighted by atomic mass is 16.5. The molecule has 0 amide bonds. The van der Waals surface area contributed by atoms with E-state index in [-0.39, 0.29) is 19.0 Å². The number of ether oxygens (including phenoxy) is 1. The lowest BCUT2D eigenvalue weighted by atomic mass is 10.2. The molecule has 3 rings (SSSR count). The zero-order valence-corrected chi connectivity index (χ0v) is 11.8. The number of aryl methyl sites for hydroxylation is 1. The highest BCUT2D eigenvalue weighted by molar-refractivity contribution is 5.72. The first-order valence-corrected chi connectivity index (χ1v) is 6.86. The van der Waals surface area contributed by atoms with Crippen LogP contribution in [0.4, 0.5) is 0 Å². The quantitative estimate of drug-likeness (QED) is 0.690. The van der Waals surface area contributed by atoms with Crippen LogP contribution in [0.1, 0.15) is 17.0 Å². The SMILES string of the molecule is Cc1nc2ccccn2c1COC(=O)Cc1ccccc1. The number of imidazole rings is 1. The van der Waals surface area contributed by atoms with Crippen LogP contribution in [-0.2, 0) is 22.6 Å². The topological polar surface area (TPSA) is 43.6 Å². The number of hydrogen-bond acceptors (Lipinski definition) is 3. The van der Waals surface area contributed by atoms with Gasteiger partial charge in [0.2, 0.25) is 0 Å². The average Bonchev–Trinajstić information content (AvgIpc) is 2.81. The van der Waals surface area contributed by atoms with E-state index in [4.69, 9.17) is 4.74 Å². The molecular weight excluding hydrogens is 264 g/mol. The van der Waals surface area contributed by atoms with Crippen molar-refractivity contribution in [2.45, 2.75) is 20.0 Å². The van der Waals surface area contributed by atoms with E-state index in [0.717, 1.165) is 22.6 Å². The van der Waals surface area contributed by atoms with Crippen molar-refractivity contribution in [3.63, 3.8) is 0 Å². The number of nitrogens with zero attached hydrogens (tertiary/aromatic N) is 2. The average molecular weight is 280 g/mol. The Hall–Kier alpha value is -2.62. The standard InChI is InChI=1S/C17H16N2O2/c1-13-15(19-10-6-5-9-16(19)18-13)12-21-17(20)11-14-7-3-2-4-8-14/h2-10H,11-12H2,1H3. The molecule has 1 aromatic carbocycles. The van der Waals surface area contributed by atoms with Gasteiger partial charge in [-0.15, -0.1) is 0 Å². The second kappa shape index (κ2) is 5.79. The summed E-state index contributed by atoms with van der Waals surface area (Å²) in [5, 5.41) is 0. The van der Waals surface area contributed by atoms with Crippen LogP contribution in [-0.4, -0.2) is 15.4 Å². The van der Waals surface area contributed by atoms with Gasteiger partial charge in [-0.25, -0.2) is 4.98 Å². The van der Waals surface area contributed by atoms with Crippen molar-refractivity contribution in [1.29, 1.82) is 0 Å². The zero-order chi connectivity index (χ0) is 14.7. The molecule has 0 bridgehead atoms. The molecule has 0 radical (unpaired) electrons. The van der Waals surface area contributed by atoms with Gasteiger partial charge in [-0.3, -0.25) is 4.79 Å². The maximum atomic E-state index is 11.9. The summed E-state index contributed by atoms with van der Waals surface area (Å²) in [5.74, 6) is -0.230. The number of carbonyl (C=O) groups is 1. The molecule has 4 nitrogen and oxygen atoms in total. The molecule has 0 spiro atoms. The molecule has 0 unspecified atom stereocenters. The molecule has 0 fully saturated rings. The van der Waals surface area contributed by atoms with Crippen LogP contribution in [0.5, 0.6) is 0 Å². The van der Waals surface area contributed by atoms with Crippen molar-refractivity contribution in [1.82, 2.24) is 9.38 Å². The molecule has 0 saturated carbocycles. The predicted molar refractivity (Wildman–Crippen MR) is 79.9 cm³/mol. The van der Waals surface area contributed by atoms with E-state index >= 15 is 0 Å². The molecule has 0 aliphatic carbocycles. The monoisotopic (exact) mass is 280 g/mol. The fourth-order valence-corrected chi connectivity index (χ4v) is 2.30. The van der Waals surface area contributed by atoms with Crippen molar-refractivity contribution in [2.75, 3.05) is 0 Å². The van der Waals surface area contributed by atoms with E-state index in [1.807, 2.05) is 66.1 Å². The van der Waals surface area contributed by atoms with E-state index in [9.17, 15) is 4.79 Å². The number of benzene rings is 1. The third-order valence-corrected chi connectivity index (χ3v) is 3.39. The van der Waals surface area contributed by atoms with Crippen LogP contribution in [0.3, 0.4) is 0 Å². The normalized spacial score (nSPS) is 10.7. The highest BCUT2D eigenvalue weighted by Gasteiger charge is 2.11. The molecule has 106 valence electrons. The van der Waals surface area contributed by atoms with Gasteiger partial charge in [-0.05, 0) is 24.6 Å². The Bertz CT molecular complexity index is 763. The zero-order valence-electron chi connectivity index (χ0n) is 11.8. The molecule has 2 aromatic heterocycles. The summed E-state index contributed by atoms with van der Waals surface area (Å²) in [6.07, 6.45) is 2.21. The second-order valence-electron chi connectivity index (χ2n) is 4.90. The van der Waals surface area contributed by atoms with Crippen LogP contribution in [0.25, 0.3) is 5.65 Å². The largest absolute Gasteiger partial charge is 0.459 e. The number of rotatable bonds is 4. The van der Waals surface area contributed by atoms with Crippen LogP contribution in [0.15, 0.2) is 54.7 Å². The Balaban J connectivity index is 1.69. The highest BCUT2D eigenvalue weighted by Crippen LogP contribution is 2.13. The fourth-order valence-electron chi connectivity index (χ4n) is 2.30. The van der Waals surface area contributed by atoms with E-state index < -0.39 is 0 Å². The van der Waals surface area contributed by atoms with Crippen LogP contribution in [0, 0.1) is 6.92 Å². The van der Waals surface area contributed by atoms with Gasteiger partial charge in [0.25, 0.3) is 0 Å². The van der Waals surface area contributed by atoms with Gasteiger partial charge >= 0.3 is 5.97 Å². The number of pyridine rings is 1. The van der Waals surface area contributed by atoms with Crippen molar-refractivity contribution in [3.8, 4) is 0 Å². The Morgan fingerprint density at radius 3 is 2.71 bits per heavy atom. The first-order chi connectivity index (χ1) is 10.2. The summed E-state index contributed by atoms with van der Waals surface area (Å²) in [6, 6.07) is 15.4. The van der Waals surface area contributed by atoms with Gasteiger partial charge in [-0.2, -0.15) is 0 Å². The van der Waals surface area contributed by atoms with Crippen molar-refractivity contribution < 1.29 is 9.53 Å². The summed E-state index contributed by atoms with van der Waals surface area (Å²) in [6.45, 7) is 2.16. The number of aromatic nitrogens is 2. The number of hydrogen-bond donors (Lipinski definition) is 0. The third-order valence-electron chi connectivity index (χ3n) is 3.39. The minimum atomic E-state index is -0.230. The van der Waals surface area contributed by atoms with Gasteiger partial charge in [0.1, 0.15) is 12.3 Å². The maximum absolute atomic E-state index is 11.9. The van der Waals surface area contributed by atoms with E-state index in [1.54, 1.807) is 0 Å². The molecule has 21 heavy (non-hydrogen) atoms. The Kier molecular flexibility index (Phi) is 3.69. The van der Waals surface area contributed by atoms with Crippen LogP contribution in [0.2, 0.25) is 0 Å². The van der Waals surface area contributed by atoms with Crippen molar-refractivity contribution in [3.05, 3.63) is 71.7 Å². The Morgan fingerprint density at radius 1 is 1.14 bits per heavy atom. The van der Waals surface area contributed by atoms with Crippen LogP contribution < -0.4 is 0 Å². The minimum absolute atomic E-state index is 0.230. The van der Waals surface area contributed by atoms with Gasteiger partial charge in [-0.1, -0.05) is 36.4 Å². The number of esters is 1. The summed E-state index contributed by atoms with van der Waals surface area (Å²) in [7, 11) is 0. The number of fused-ring (bicyclic) bond motifs is 1. The van der Waals surface area contributed by atoms with Gasteiger partial charge in [0.05, 0.1) is 17.8 Å². The molecule has 0 saturated heterocycles. The van der Waals surface area contributed by atoms with Gasteiger partial charge in [0.15, 0.2) is 0 Å². The van der Waals surface area contributed by atoms with E-state index in [0.29, 0.717) is 0 Å². The Labute approximate surface area is 123 Å². The predicted octanol–water partition coefficient (Wildman–Crippen LogP) is 2.93. The summed E-state index contributed by atoms with van der Waals surface area (Å²) >= 11 is 0. The van der Waals surface area contributed by atoms with Crippen LogP contribution >= 0.6 is 0 Å². The van der Waals surface area contributed by atoms with E-state index in [1.165, 1.54) is 0 Å². The molecule has 0 atom stereocenters. The lowest BCUT2D eigenvalue weighted by molar-refractivity contribution is -0.144. The molecule has 0 aliphatic heterocycles. The molecule has 4 heteroatoms. The van der Waals surface area contributed by atoms with Crippen molar-refractivity contribution in [2.24, 2.45) is 0 Å². The second-order valence-corrected chi connectivity index (χ2v) is 4.90. The van der Waals surface area contributed by atoms with Gasteiger partial charge in [0, 0.05) is 6.20 Å². The summed E-state index contributed by atoms with van der Waals surface area (Å²) < 4.78 is 7.33. The molecular formula is C17H16N2O2. The lowest BCUT2D eigenvalue weighted by Crippen LogP contribution is -2.09. The van der Waals surface area contributed by atoms with Gasteiger partial charge < -0.3 is 9.14 Å². The fraction of sp³-hybridized carbons (Fsp3) is 0.176. The molecule has 0 N–H and O–H groups in total. The molecule has 2 heterocycles. The number of carbonyl (C=O) groups excluding carboxylic acids is 1. The first kappa shape index (κ1) is 13.4. The van der Waals surface area contributed by atoms with E-state index in [2.05, 4.69) is 4.98 Å². The Morgan fingerprint density at radius 2 is 1.90 bits per heavy atom. The first-order valence-electron chi connectivity index (χ1n) is 6.86. The molecule has 3 aromatic rings. The smallest absolute Gasteiger partial charge is 0.310 e. The minimum Gasteiger partial charge on any atom is -0.459 e. The summed E-state index contributed by atoms with van der Waals surface area (Å²) in [4.78, 5) is 16.3. The maximum Gasteiger partial charge on any atom is 0.310 e. The molecule has 0 aliphatic rings.